The van der Waals surface area contributed by atoms with Crippen LogP contribution in [0.4, 0.5) is 0 Å². The average Bonchev–Trinajstić information content (AvgIpc) is 2.96. The lowest BCUT2D eigenvalue weighted by Gasteiger charge is -2.24. The number of carbonyl (C=O) groups excluding carboxylic acids is 2. The minimum absolute atomic E-state index is 0.0782. The lowest BCUT2D eigenvalue weighted by atomic mass is 10.1. The van der Waals surface area contributed by atoms with Gasteiger partial charge in [0.2, 0.25) is 0 Å². The number of thioether (sulfide) groups is 1. The topological polar surface area (TPSA) is 46.6 Å². The van der Waals surface area contributed by atoms with Crippen LogP contribution < -0.4 is 0 Å². The smallest absolute Gasteiger partial charge is 0.328 e. The van der Waals surface area contributed by atoms with Gasteiger partial charge in [-0.25, -0.2) is 4.79 Å². The monoisotopic (exact) mass is 293 g/mol. The Hall–Kier alpha value is -1.49. The molecule has 108 valence electrons. The number of hydrogen-bond acceptors (Lipinski definition) is 4. The van der Waals surface area contributed by atoms with Crippen molar-refractivity contribution < 1.29 is 14.3 Å². The first-order valence-electron chi connectivity index (χ1n) is 6.79. The summed E-state index contributed by atoms with van der Waals surface area (Å²) in [7, 11) is 0. The zero-order chi connectivity index (χ0) is 14.5. The molecule has 0 unspecified atom stereocenters. The molecule has 1 amide bonds. The van der Waals surface area contributed by atoms with Gasteiger partial charge in [-0.2, -0.15) is 0 Å². The second kappa shape index (κ2) is 6.79. The van der Waals surface area contributed by atoms with E-state index in [-0.39, 0.29) is 11.9 Å². The Kier molecular flexibility index (Phi) is 5.06. The summed E-state index contributed by atoms with van der Waals surface area (Å²) in [6.07, 6.45) is 3.47. The maximum absolute atomic E-state index is 12.7. The normalized spacial score (nSPS) is 18.1. The predicted molar refractivity (Wildman–Crippen MR) is 78.9 cm³/mol. The minimum Gasteiger partial charge on any atom is -0.464 e. The summed E-state index contributed by atoms with van der Waals surface area (Å²) in [6, 6.07) is 7.07. The molecule has 4 nitrogen and oxygen atoms in total. The number of nitrogens with zero attached hydrogens (tertiary/aromatic N) is 1. The summed E-state index contributed by atoms with van der Waals surface area (Å²) < 4.78 is 5.06. The summed E-state index contributed by atoms with van der Waals surface area (Å²) in [5, 5.41) is 0. The van der Waals surface area contributed by atoms with Gasteiger partial charge in [-0.05, 0) is 38.2 Å². The number of rotatable bonds is 4. The highest BCUT2D eigenvalue weighted by molar-refractivity contribution is 7.98. The van der Waals surface area contributed by atoms with Gasteiger partial charge in [-0.15, -0.1) is 11.8 Å². The van der Waals surface area contributed by atoms with Crippen LogP contribution in [-0.2, 0) is 9.53 Å². The van der Waals surface area contributed by atoms with Gasteiger partial charge in [-0.1, -0.05) is 12.1 Å². The maximum atomic E-state index is 12.7. The van der Waals surface area contributed by atoms with Crippen molar-refractivity contribution in [2.24, 2.45) is 0 Å². The lowest BCUT2D eigenvalue weighted by molar-refractivity contribution is -0.147. The van der Waals surface area contributed by atoms with Crippen LogP contribution in [0.15, 0.2) is 29.2 Å². The van der Waals surface area contributed by atoms with Crippen LogP contribution in [0.1, 0.15) is 30.1 Å². The fourth-order valence-corrected chi connectivity index (χ4v) is 3.06. The second-order valence-corrected chi connectivity index (χ2v) is 5.46. The number of benzene rings is 1. The molecule has 1 aromatic rings. The van der Waals surface area contributed by atoms with Gasteiger partial charge in [0.15, 0.2) is 0 Å². The Morgan fingerprint density at radius 2 is 2.15 bits per heavy atom. The molecule has 1 heterocycles. The van der Waals surface area contributed by atoms with Crippen LogP contribution in [0.2, 0.25) is 0 Å². The van der Waals surface area contributed by atoms with E-state index in [1.807, 2.05) is 30.5 Å². The summed E-state index contributed by atoms with van der Waals surface area (Å²) in [6.45, 7) is 2.74. The molecular formula is C15H19NO3S. The third-order valence-corrected chi connectivity index (χ3v) is 4.21. The number of likely N-dealkylation sites (tertiary alicyclic amines) is 1. The Bertz CT molecular complexity index is 504. The zero-order valence-corrected chi connectivity index (χ0v) is 12.6. The molecule has 0 spiro atoms. The highest BCUT2D eigenvalue weighted by Gasteiger charge is 2.36. The summed E-state index contributed by atoms with van der Waals surface area (Å²) in [4.78, 5) is 27.2. The van der Waals surface area contributed by atoms with Crippen molar-refractivity contribution in [3.63, 3.8) is 0 Å². The first-order valence-corrected chi connectivity index (χ1v) is 8.02. The molecule has 5 heteroatoms. The molecule has 1 aromatic carbocycles. The molecular weight excluding hydrogens is 274 g/mol. The van der Waals surface area contributed by atoms with Crippen molar-refractivity contribution in [3.8, 4) is 0 Å². The van der Waals surface area contributed by atoms with Crippen LogP contribution >= 0.6 is 11.8 Å². The van der Waals surface area contributed by atoms with Crippen LogP contribution in [-0.4, -0.2) is 42.2 Å². The molecule has 0 radical (unpaired) electrons. The number of carbonyl (C=O) groups is 2. The van der Waals surface area contributed by atoms with Crippen molar-refractivity contribution >= 4 is 23.6 Å². The van der Waals surface area contributed by atoms with E-state index in [9.17, 15) is 9.59 Å². The highest BCUT2D eigenvalue weighted by Crippen LogP contribution is 2.26. The molecule has 1 aliphatic heterocycles. The standard InChI is InChI=1S/C15H19NO3S/c1-3-19-15(18)12-8-6-10-16(12)14(17)11-7-4-5-9-13(11)20-2/h4-5,7,9,12H,3,6,8,10H2,1-2H3/t12-/m0/s1. The van der Waals surface area contributed by atoms with E-state index in [2.05, 4.69) is 0 Å². The fourth-order valence-electron chi connectivity index (χ4n) is 2.47. The first-order chi connectivity index (χ1) is 9.69. The van der Waals surface area contributed by atoms with E-state index in [0.29, 0.717) is 25.1 Å². The van der Waals surface area contributed by atoms with Gasteiger partial charge in [0, 0.05) is 11.4 Å². The summed E-state index contributed by atoms with van der Waals surface area (Å²) >= 11 is 1.54. The van der Waals surface area contributed by atoms with Crippen molar-refractivity contribution in [2.75, 3.05) is 19.4 Å². The molecule has 0 aromatic heterocycles. The molecule has 1 fully saturated rings. The molecule has 0 N–H and O–H groups in total. The van der Waals surface area contributed by atoms with Gasteiger partial charge in [-0.3, -0.25) is 4.79 Å². The average molecular weight is 293 g/mol. The van der Waals surface area contributed by atoms with Crippen molar-refractivity contribution in [1.82, 2.24) is 4.90 Å². The molecule has 0 bridgehead atoms. The number of ether oxygens (including phenoxy) is 1. The predicted octanol–water partition coefficient (Wildman–Crippen LogP) is 2.58. The molecule has 0 saturated carbocycles. The first kappa shape index (κ1) is 14.9. The van der Waals surface area contributed by atoms with E-state index in [1.54, 1.807) is 11.8 Å². The van der Waals surface area contributed by atoms with Crippen LogP contribution in [0, 0.1) is 0 Å². The molecule has 1 saturated heterocycles. The van der Waals surface area contributed by atoms with Gasteiger partial charge in [0.1, 0.15) is 6.04 Å². The quantitative estimate of drug-likeness (QED) is 0.632. The maximum Gasteiger partial charge on any atom is 0.328 e. The van der Waals surface area contributed by atoms with Gasteiger partial charge < -0.3 is 9.64 Å². The van der Waals surface area contributed by atoms with Crippen LogP contribution in [0.25, 0.3) is 0 Å². The molecule has 20 heavy (non-hydrogen) atoms. The van der Waals surface area contributed by atoms with Crippen LogP contribution in [0.3, 0.4) is 0 Å². The number of esters is 1. The van der Waals surface area contributed by atoms with E-state index >= 15 is 0 Å². The molecule has 0 aliphatic carbocycles. The third kappa shape index (κ3) is 2.98. The summed E-state index contributed by atoms with van der Waals surface area (Å²) in [5.74, 6) is -0.370. The SMILES string of the molecule is CCOC(=O)[C@@H]1CCCN1C(=O)c1ccccc1SC. The van der Waals surface area contributed by atoms with Crippen LogP contribution in [0.5, 0.6) is 0 Å². The van der Waals surface area contributed by atoms with E-state index in [0.717, 1.165) is 11.3 Å². The Morgan fingerprint density at radius 3 is 2.85 bits per heavy atom. The van der Waals surface area contributed by atoms with Crippen molar-refractivity contribution in [1.29, 1.82) is 0 Å². The zero-order valence-electron chi connectivity index (χ0n) is 11.8. The lowest BCUT2D eigenvalue weighted by Crippen LogP contribution is -2.41. The Balaban J connectivity index is 2.21. The largest absolute Gasteiger partial charge is 0.464 e. The van der Waals surface area contributed by atoms with Gasteiger partial charge in [0.25, 0.3) is 5.91 Å². The number of hydrogen-bond donors (Lipinski definition) is 0. The van der Waals surface area contributed by atoms with E-state index < -0.39 is 6.04 Å². The molecule has 2 rings (SSSR count). The minimum atomic E-state index is -0.433. The Morgan fingerprint density at radius 1 is 1.40 bits per heavy atom. The third-order valence-electron chi connectivity index (χ3n) is 3.41. The van der Waals surface area contributed by atoms with E-state index in [4.69, 9.17) is 4.74 Å². The number of amides is 1. The van der Waals surface area contributed by atoms with Gasteiger partial charge in [0.05, 0.1) is 12.2 Å². The Labute approximate surface area is 123 Å². The van der Waals surface area contributed by atoms with Crippen molar-refractivity contribution in [2.45, 2.75) is 30.7 Å². The molecule has 1 aliphatic rings. The fraction of sp³-hybridized carbons (Fsp3) is 0.467. The molecule has 1 atom stereocenters. The van der Waals surface area contributed by atoms with Crippen molar-refractivity contribution in [3.05, 3.63) is 29.8 Å². The van der Waals surface area contributed by atoms with E-state index in [1.165, 1.54) is 11.8 Å². The van der Waals surface area contributed by atoms with Gasteiger partial charge >= 0.3 is 5.97 Å². The summed E-state index contributed by atoms with van der Waals surface area (Å²) in [5.41, 5.74) is 0.663. The highest BCUT2D eigenvalue weighted by atomic mass is 32.2. The second-order valence-electron chi connectivity index (χ2n) is 4.61.